The minimum atomic E-state index is -0.504. The number of hydrogen-bond donors (Lipinski definition) is 2. The molecule has 12 heteroatoms. The fourth-order valence-corrected chi connectivity index (χ4v) is 3.92. The number of aromatic nitrogens is 8. The summed E-state index contributed by atoms with van der Waals surface area (Å²) in [6.45, 7) is 6.13. The molecule has 2 amide bonds. The summed E-state index contributed by atoms with van der Waals surface area (Å²) in [5, 5.41) is 15.1. The zero-order valence-corrected chi connectivity index (χ0v) is 21.1. The molecule has 0 aliphatic heterocycles. The van der Waals surface area contributed by atoms with Crippen LogP contribution in [0.5, 0.6) is 0 Å². The Kier molecular flexibility index (Phi) is 5.78. The van der Waals surface area contributed by atoms with Gasteiger partial charge in [0.05, 0.1) is 35.5 Å². The van der Waals surface area contributed by atoms with Gasteiger partial charge in [0.25, 0.3) is 0 Å². The van der Waals surface area contributed by atoms with E-state index in [-0.39, 0.29) is 11.2 Å². The first-order chi connectivity index (χ1) is 17.6. The maximum atomic E-state index is 13.2. The summed E-state index contributed by atoms with van der Waals surface area (Å²) in [6.07, 6.45) is 11.2. The van der Waals surface area contributed by atoms with E-state index in [0.717, 1.165) is 5.69 Å². The van der Waals surface area contributed by atoms with E-state index in [2.05, 4.69) is 35.8 Å². The normalized spacial score (nSPS) is 11.6. The number of carbonyl (C=O) groups is 2. The van der Waals surface area contributed by atoms with Crippen molar-refractivity contribution in [3.05, 3.63) is 72.5 Å². The topological polar surface area (TPSA) is 137 Å². The third-order valence-corrected chi connectivity index (χ3v) is 5.80. The fourth-order valence-electron chi connectivity index (χ4n) is 3.92. The fraction of sp³-hybridized carbons (Fsp3) is 0.240. The van der Waals surface area contributed by atoms with Gasteiger partial charge in [0, 0.05) is 55.1 Å². The largest absolute Gasteiger partial charge is 0.335 e. The Hall–Kier alpha value is -4.87. The van der Waals surface area contributed by atoms with Crippen LogP contribution in [0.15, 0.2) is 55.6 Å². The molecule has 0 aliphatic rings. The molecule has 0 saturated carbocycles. The summed E-state index contributed by atoms with van der Waals surface area (Å²) >= 11 is 0. The SMILES string of the molecule is Cn1cc(-n2nc(C(C)(C)C)cc2NC(=O)Nc2cncc(C(=O)c3cn(C)c4ncncc34)c2)cn1. The van der Waals surface area contributed by atoms with Crippen molar-refractivity contribution >= 4 is 34.4 Å². The predicted octanol–water partition coefficient (Wildman–Crippen LogP) is 3.46. The molecule has 188 valence electrons. The average Bonchev–Trinajstić information content (AvgIpc) is 3.56. The van der Waals surface area contributed by atoms with Gasteiger partial charge in [-0.15, -0.1) is 0 Å². The Bertz CT molecular complexity index is 1640. The van der Waals surface area contributed by atoms with Crippen molar-refractivity contribution in [1.82, 2.24) is 39.1 Å². The van der Waals surface area contributed by atoms with E-state index < -0.39 is 6.03 Å². The molecule has 0 unspecified atom stereocenters. The van der Waals surface area contributed by atoms with Gasteiger partial charge >= 0.3 is 6.03 Å². The molecule has 12 nitrogen and oxygen atoms in total. The van der Waals surface area contributed by atoms with E-state index in [9.17, 15) is 9.59 Å². The molecule has 0 spiro atoms. The highest BCUT2D eigenvalue weighted by Crippen LogP contribution is 2.26. The Morgan fingerprint density at radius 2 is 1.76 bits per heavy atom. The van der Waals surface area contributed by atoms with Crippen LogP contribution in [0.1, 0.15) is 42.4 Å². The Labute approximate surface area is 212 Å². The summed E-state index contributed by atoms with van der Waals surface area (Å²) in [4.78, 5) is 38.6. The van der Waals surface area contributed by atoms with Crippen LogP contribution < -0.4 is 10.6 Å². The standard InChI is InChI=1S/C25H26N10O2/c1-25(2,3)20-7-21(35(32-20)17-10-29-34(5)12-17)31-24(37)30-16-6-15(8-26-9-16)22(36)19-13-33(4)23-18(19)11-27-14-28-23/h6-14H,1-5H3,(H2,30,31,37). The Balaban J connectivity index is 1.38. The third-order valence-electron chi connectivity index (χ3n) is 5.80. The van der Waals surface area contributed by atoms with Gasteiger partial charge in [0.15, 0.2) is 5.78 Å². The zero-order valence-electron chi connectivity index (χ0n) is 21.1. The molecule has 0 aliphatic carbocycles. The Morgan fingerprint density at radius 3 is 2.49 bits per heavy atom. The molecular weight excluding hydrogens is 472 g/mol. The lowest BCUT2D eigenvalue weighted by atomic mass is 9.92. The second kappa shape index (κ2) is 8.97. The first kappa shape index (κ1) is 23.9. The van der Waals surface area contributed by atoms with E-state index in [1.54, 1.807) is 44.8 Å². The molecular formula is C25H26N10O2. The van der Waals surface area contributed by atoms with Crippen molar-refractivity contribution in [2.45, 2.75) is 26.2 Å². The molecule has 0 bridgehead atoms. The highest BCUT2D eigenvalue weighted by atomic mass is 16.2. The summed E-state index contributed by atoms with van der Waals surface area (Å²) < 4.78 is 5.06. The van der Waals surface area contributed by atoms with Crippen LogP contribution in [0.2, 0.25) is 0 Å². The number of carbonyl (C=O) groups excluding carboxylic acids is 2. The van der Waals surface area contributed by atoms with Gasteiger partial charge in [0.2, 0.25) is 0 Å². The van der Waals surface area contributed by atoms with Crippen LogP contribution >= 0.6 is 0 Å². The van der Waals surface area contributed by atoms with Crippen LogP contribution in [0.3, 0.4) is 0 Å². The molecule has 5 rings (SSSR count). The highest BCUT2D eigenvalue weighted by Gasteiger charge is 2.22. The van der Waals surface area contributed by atoms with E-state index in [1.807, 2.05) is 40.9 Å². The molecule has 2 N–H and O–H groups in total. The van der Waals surface area contributed by atoms with E-state index in [4.69, 9.17) is 0 Å². The van der Waals surface area contributed by atoms with Gasteiger partial charge in [-0.05, 0) is 6.07 Å². The average molecular weight is 499 g/mol. The van der Waals surface area contributed by atoms with Crippen LogP contribution in [0.25, 0.3) is 16.7 Å². The second-order valence-corrected chi connectivity index (χ2v) is 9.73. The van der Waals surface area contributed by atoms with Crippen LogP contribution in [-0.2, 0) is 19.5 Å². The van der Waals surface area contributed by atoms with Gasteiger partial charge in [0.1, 0.15) is 23.5 Å². The number of pyridine rings is 1. The number of urea groups is 1. The van der Waals surface area contributed by atoms with E-state index in [0.29, 0.717) is 39.4 Å². The molecule has 5 aromatic rings. The van der Waals surface area contributed by atoms with E-state index >= 15 is 0 Å². The number of nitrogens with zero attached hydrogens (tertiary/aromatic N) is 8. The number of fused-ring (bicyclic) bond motifs is 1. The maximum Gasteiger partial charge on any atom is 0.324 e. The van der Waals surface area contributed by atoms with Crippen molar-refractivity contribution in [1.29, 1.82) is 0 Å². The molecule has 0 fully saturated rings. The lowest BCUT2D eigenvalue weighted by molar-refractivity contribution is 0.103. The van der Waals surface area contributed by atoms with Gasteiger partial charge in [-0.3, -0.25) is 19.8 Å². The number of hydrogen-bond acceptors (Lipinski definition) is 7. The van der Waals surface area contributed by atoms with Gasteiger partial charge in [-0.25, -0.2) is 19.4 Å². The van der Waals surface area contributed by atoms with Gasteiger partial charge in [-0.2, -0.15) is 10.2 Å². The summed E-state index contributed by atoms with van der Waals surface area (Å²) in [5.41, 5.74) is 3.08. The van der Waals surface area contributed by atoms with Gasteiger partial charge < -0.3 is 9.88 Å². The van der Waals surface area contributed by atoms with Crippen molar-refractivity contribution in [2.24, 2.45) is 14.1 Å². The minimum absolute atomic E-state index is 0.231. The molecule has 0 atom stereocenters. The first-order valence-corrected chi connectivity index (χ1v) is 11.5. The summed E-state index contributed by atoms with van der Waals surface area (Å²) in [7, 11) is 3.62. The molecule has 37 heavy (non-hydrogen) atoms. The molecule has 5 aromatic heterocycles. The first-order valence-electron chi connectivity index (χ1n) is 11.5. The predicted molar refractivity (Wildman–Crippen MR) is 138 cm³/mol. The van der Waals surface area contributed by atoms with E-state index in [1.165, 1.54) is 18.7 Å². The number of rotatable bonds is 5. The lowest BCUT2D eigenvalue weighted by Crippen LogP contribution is -2.21. The molecule has 0 aromatic carbocycles. The minimum Gasteiger partial charge on any atom is -0.335 e. The molecule has 0 saturated heterocycles. The highest BCUT2D eigenvalue weighted by molar-refractivity contribution is 6.16. The van der Waals surface area contributed by atoms with Crippen molar-refractivity contribution in [2.75, 3.05) is 10.6 Å². The van der Waals surface area contributed by atoms with Crippen molar-refractivity contribution < 1.29 is 9.59 Å². The van der Waals surface area contributed by atoms with Gasteiger partial charge in [-0.1, -0.05) is 20.8 Å². The number of aryl methyl sites for hydroxylation is 2. The third kappa shape index (κ3) is 4.68. The number of amides is 2. The van der Waals surface area contributed by atoms with Crippen LogP contribution in [0.4, 0.5) is 16.3 Å². The van der Waals surface area contributed by atoms with Crippen LogP contribution in [-0.4, -0.2) is 50.9 Å². The van der Waals surface area contributed by atoms with Crippen molar-refractivity contribution in [3.63, 3.8) is 0 Å². The molecule has 5 heterocycles. The zero-order chi connectivity index (χ0) is 26.3. The quantitative estimate of drug-likeness (QED) is 0.354. The number of ketones is 1. The molecule has 0 radical (unpaired) electrons. The Morgan fingerprint density at radius 1 is 0.946 bits per heavy atom. The number of nitrogens with one attached hydrogen (secondary N) is 2. The summed E-state index contributed by atoms with van der Waals surface area (Å²) in [5.74, 6) is 0.229. The maximum absolute atomic E-state index is 13.2. The van der Waals surface area contributed by atoms with Crippen LogP contribution in [0, 0.1) is 0 Å². The second-order valence-electron chi connectivity index (χ2n) is 9.73. The smallest absolute Gasteiger partial charge is 0.324 e. The number of anilines is 2. The monoisotopic (exact) mass is 498 g/mol. The summed E-state index contributed by atoms with van der Waals surface area (Å²) in [6, 6.07) is 2.90. The van der Waals surface area contributed by atoms with Crippen molar-refractivity contribution in [3.8, 4) is 5.69 Å². The lowest BCUT2D eigenvalue weighted by Gasteiger charge is -2.13.